The first-order valence-corrected chi connectivity index (χ1v) is 14.6. The van der Waals surface area contributed by atoms with E-state index < -0.39 is 12.0 Å². The second kappa shape index (κ2) is 12.4. The van der Waals surface area contributed by atoms with Gasteiger partial charge in [0.2, 0.25) is 0 Å². The minimum atomic E-state index is -0.809. The maximum atomic E-state index is 14.1. The molecule has 0 saturated heterocycles. The maximum absolute atomic E-state index is 14.1. The van der Waals surface area contributed by atoms with Crippen molar-refractivity contribution in [3.8, 4) is 11.5 Å². The van der Waals surface area contributed by atoms with Gasteiger partial charge < -0.3 is 14.2 Å². The summed E-state index contributed by atoms with van der Waals surface area (Å²) in [7, 11) is 3.22. The Hall–Kier alpha value is -3.36. The van der Waals surface area contributed by atoms with E-state index in [0.29, 0.717) is 43.4 Å². The molecule has 212 valence electrons. The van der Waals surface area contributed by atoms with Gasteiger partial charge in [0, 0.05) is 10.6 Å². The summed E-state index contributed by atoms with van der Waals surface area (Å²) in [5.74, 6) is 1.06. The number of thiazole rings is 1. The highest BCUT2D eigenvalue weighted by molar-refractivity contribution is 7.07. The zero-order valence-corrected chi connectivity index (χ0v) is 25.5. The van der Waals surface area contributed by atoms with Gasteiger partial charge in [0.05, 0.1) is 36.6 Å². The van der Waals surface area contributed by atoms with Crippen molar-refractivity contribution in [2.45, 2.75) is 59.4 Å². The van der Waals surface area contributed by atoms with Crippen molar-refractivity contribution in [1.82, 2.24) is 4.57 Å². The van der Waals surface area contributed by atoms with Gasteiger partial charge in [0.1, 0.15) is 17.5 Å². The molecule has 0 spiro atoms. The number of hydrogen-bond acceptors (Lipinski definition) is 7. The van der Waals surface area contributed by atoms with Crippen LogP contribution in [0.3, 0.4) is 0 Å². The molecule has 0 radical (unpaired) electrons. The van der Waals surface area contributed by atoms with Crippen LogP contribution in [0.5, 0.6) is 11.5 Å². The van der Waals surface area contributed by atoms with Crippen molar-refractivity contribution in [1.29, 1.82) is 0 Å². The molecule has 1 aromatic heterocycles. The molecule has 2 heterocycles. The molecule has 2 aromatic carbocycles. The molecule has 0 amide bonds. The van der Waals surface area contributed by atoms with Crippen LogP contribution in [0, 0.1) is 6.92 Å². The van der Waals surface area contributed by atoms with Crippen molar-refractivity contribution in [2.75, 3.05) is 20.8 Å². The Labute approximate surface area is 243 Å². The third-order valence-corrected chi connectivity index (χ3v) is 8.12. The van der Waals surface area contributed by atoms with Crippen LogP contribution in [0.4, 0.5) is 0 Å². The Balaban J connectivity index is 2.05. The average Bonchev–Trinajstić information content (AvgIpc) is 3.23. The predicted molar refractivity (Wildman–Crippen MR) is 159 cm³/mol. The number of hydrogen-bond donors (Lipinski definition) is 0. The van der Waals surface area contributed by atoms with Crippen LogP contribution in [0.15, 0.2) is 51.4 Å². The molecular weight excluding hydrogens is 548 g/mol. The van der Waals surface area contributed by atoms with Crippen molar-refractivity contribution >= 4 is 35.0 Å². The molecule has 4 rings (SSSR count). The second-order valence-electron chi connectivity index (χ2n) is 9.91. The number of carbonyl (C=O) groups is 1. The van der Waals surface area contributed by atoms with Crippen LogP contribution < -0.4 is 24.4 Å². The summed E-state index contributed by atoms with van der Waals surface area (Å²) in [4.78, 5) is 32.9. The first-order valence-electron chi connectivity index (χ1n) is 13.4. The molecule has 0 N–H and O–H groups in total. The van der Waals surface area contributed by atoms with Crippen molar-refractivity contribution < 1.29 is 19.0 Å². The lowest BCUT2D eigenvalue weighted by atomic mass is 9.93. The molecule has 1 atom stereocenters. The first kappa shape index (κ1) is 29.6. The van der Waals surface area contributed by atoms with Gasteiger partial charge >= 0.3 is 5.97 Å². The number of methoxy groups -OCH3 is 2. The van der Waals surface area contributed by atoms with Crippen LogP contribution in [0.2, 0.25) is 5.02 Å². The van der Waals surface area contributed by atoms with Gasteiger partial charge in [-0.2, -0.15) is 0 Å². The Morgan fingerprint density at radius 2 is 1.88 bits per heavy atom. The monoisotopic (exact) mass is 582 g/mol. The molecule has 3 aromatic rings. The summed E-state index contributed by atoms with van der Waals surface area (Å²) in [6.45, 7) is 10.2. The maximum Gasteiger partial charge on any atom is 0.338 e. The fourth-order valence-corrected chi connectivity index (χ4v) is 6.17. The Morgan fingerprint density at radius 3 is 2.50 bits per heavy atom. The summed E-state index contributed by atoms with van der Waals surface area (Å²) >= 11 is 7.73. The van der Waals surface area contributed by atoms with Crippen LogP contribution in [-0.4, -0.2) is 31.4 Å². The summed E-state index contributed by atoms with van der Waals surface area (Å²) in [6, 6.07) is 8.45. The van der Waals surface area contributed by atoms with Crippen LogP contribution in [-0.2, 0) is 9.53 Å². The van der Waals surface area contributed by atoms with Gasteiger partial charge in [-0.3, -0.25) is 9.36 Å². The first-order chi connectivity index (χ1) is 19.1. The average molecular weight is 583 g/mol. The van der Waals surface area contributed by atoms with E-state index in [-0.39, 0.29) is 18.1 Å². The number of aromatic nitrogens is 1. The van der Waals surface area contributed by atoms with E-state index in [2.05, 4.69) is 19.9 Å². The molecule has 1 aliphatic heterocycles. The molecule has 0 aliphatic carbocycles. The van der Waals surface area contributed by atoms with E-state index in [4.69, 9.17) is 30.8 Å². The lowest BCUT2D eigenvalue weighted by molar-refractivity contribution is -0.139. The van der Waals surface area contributed by atoms with Gasteiger partial charge in [0.25, 0.3) is 5.56 Å². The number of carbonyl (C=O) groups excluding carboxylic acids is 1. The minimum Gasteiger partial charge on any atom is -0.496 e. The highest BCUT2D eigenvalue weighted by atomic mass is 35.5. The Bertz CT molecular complexity index is 1650. The van der Waals surface area contributed by atoms with Crippen molar-refractivity contribution in [2.24, 2.45) is 4.99 Å². The number of rotatable bonds is 9. The quantitative estimate of drug-likeness (QED) is 0.303. The van der Waals surface area contributed by atoms with Gasteiger partial charge in [-0.25, -0.2) is 9.79 Å². The number of ether oxygens (including phenoxy) is 3. The number of allylic oxidation sites excluding steroid dienone is 1. The standard InChI is InChI=1S/C31H35ClN2O5S/c1-8-10-23-27(30(36)39-9-2)28(22-16-20(32)11-12-24(22)37-6)34-29(35)26(40-31(34)33-23)15-19-14-21(17(3)4)25(38-7)13-18(19)5/h11-17,28H,8-10H2,1-7H3/b26-15-/t28-/m0/s1. The molecule has 0 fully saturated rings. The second-order valence-corrected chi connectivity index (χ2v) is 11.4. The summed E-state index contributed by atoms with van der Waals surface area (Å²) in [6.07, 6.45) is 3.21. The smallest absolute Gasteiger partial charge is 0.338 e. The van der Waals surface area contributed by atoms with Crippen molar-refractivity contribution in [3.05, 3.63) is 88.6 Å². The molecule has 7 nitrogen and oxygen atoms in total. The predicted octanol–water partition coefficient (Wildman–Crippen LogP) is 5.68. The van der Waals surface area contributed by atoms with Crippen LogP contribution in [0.1, 0.15) is 74.8 Å². The minimum absolute atomic E-state index is 0.195. The third-order valence-electron chi connectivity index (χ3n) is 6.91. The molecule has 0 saturated carbocycles. The fraction of sp³-hybridized carbons (Fsp3) is 0.387. The highest BCUT2D eigenvalue weighted by Gasteiger charge is 2.36. The molecule has 1 aliphatic rings. The number of esters is 1. The van der Waals surface area contributed by atoms with Crippen LogP contribution >= 0.6 is 22.9 Å². The Morgan fingerprint density at radius 1 is 1.15 bits per heavy atom. The molecule has 40 heavy (non-hydrogen) atoms. The number of aryl methyl sites for hydroxylation is 1. The van der Waals surface area contributed by atoms with E-state index in [9.17, 15) is 9.59 Å². The number of fused-ring (bicyclic) bond motifs is 1. The Kier molecular flexibility index (Phi) is 9.21. The third kappa shape index (κ3) is 5.60. The van der Waals surface area contributed by atoms with Gasteiger partial charge in [-0.15, -0.1) is 0 Å². The molecule has 0 unspecified atom stereocenters. The summed E-state index contributed by atoms with van der Waals surface area (Å²) in [5, 5.41) is 0.463. The van der Waals surface area contributed by atoms with E-state index in [1.165, 1.54) is 11.3 Å². The van der Waals surface area contributed by atoms with Gasteiger partial charge in [-0.05, 0) is 79.3 Å². The van der Waals surface area contributed by atoms with E-state index in [1.807, 2.05) is 26.0 Å². The topological polar surface area (TPSA) is 79.1 Å². The largest absolute Gasteiger partial charge is 0.496 e. The number of nitrogens with zero attached hydrogens (tertiary/aromatic N) is 2. The zero-order chi connectivity index (χ0) is 29.1. The normalized spacial score (nSPS) is 15.2. The van der Waals surface area contributed by atoms with E-state index in [1.54, 1.807) is 43.9 Å². The number of benzene rings is 2. The van der Waals surface area contributed by atoms with Crippen molar-refractivity contribution in [3.63, 3.8) is 0 Å². The lowest BCUT2D eigenvalue weighted by Gasteiger charge is -2.27. The fourth-order valence-electron chi connectivity index (χ4n) is 4.97. The number of halogens is 1. The summed E-state index contributed by atoms with van der Waals surface area (Å²) in [5.41, 5.74) is 4.23. The lowest BCUT2D eigenvalue weighted by Crippen LogP contribution is -2.40. The SMILES string of the molecule is CCCC1=C(C(=O)OCC)[C@H](c2cc(Cl)ccc2OC)n2c(s/c(=C\c3cc(C(C)C)c(OC)cc3C)c2=O)=N1. The molecule has 0 bridgehead atoms. The van der Waals surface area contributed by atoms with E-state index >= 15 is 0 Å². The highest BCUT2D eigenvalue weighted by Crippen LogP contribution is 2.38. The van der Waals surface area contributed by atoms with E-state index in [0.717, 1.165) is 28.9 Å². The van der Waals surface area contributed by atoms with Gasteiger partial charge in [-0.1, -0.05) is 50.1 Å². The van der Waals surface area contributed by atoms with Gasteiger partial charge in [0.15, 0.2) is 4.80 Å². The zero-order valence-electron chi connectivity index (χ0n) is 24.0. The van der Waals surface area contributed by atoms with Crippen LogP contribution in [0.25, 0.3) is 6.08 Å². The molecule has 9 heteroatoms. The summed E-state index contributed by atoms with van der Waals surface area (Å²) < 4.78 is 18.8. The molecular formula is C31H35ClN2O5S.